The fraction of sp³-hybridized carbons (Fsp3) is 0.222. The number of halogens is 2. The highest BCUT2D eigenvalue weighted by Crippen LogP contribution is 2.28. The Morgan fingerprint density at radius 2 is 2.29 bits per heavy atom. The molecule has 0 bridgehead atoms. The number of benzene rings is 1. The van der Waals surface area contributed by atoms with Gasteiger partial charge in [-0.3, -0.25) is 4.79 Å². The first-order valence-electron chi connectivity index (χ1n) is 4.12. The lowest BCUT2D eigenvalue weighted by Crippen LogP contribution is -2.61. The van der Waals surface area contributed by atoms with Crippen LogP contribution in [0.1, 0.15) is 0 Å². The Labute approximate surface area is 85.3 Å². The number of hydrogen-bond acceptors (Lipinski definition) is 2. The van der Waals surface area contributed by atoms with Crippen molar-refractivity contribution in [3.8, 4) is 0 Å². The SMILES string of the molecule is NC1CN(c2cccc(Cl)c2F)C1=O. The van der Waals surface area contributed by atoms with Gasteiger partial charge < -0.3 is 10.6 Å². The van der Waals surface area contributed by atoms with Gasteiger partial charge in [0, 0.05) is 0 Å². The fourth-order valence-corrected chi connectivity index (χ4v) is 1.54. The van der Waals surface area contributed by atoms with Gasteiger partial charge >= 0.3 is 0 Å². The molecule has 1 fully saturated rings. The number of carbonyl (C=O) groups excluding carboxylic acids is 1. The van der Waals surface area contributed by atoms with Crippen molar-refractivity contribution in [2.24, 2.45) is 5.73 Å². The van der Waals surface area contributed by atoms with Gasteiger partial charge in [0.2, 0.25) is 5.91 Å². The molecule has 1 saturated heterocycles. The Bertz CT molecular complexity index is 396. The Hall–Kier alpha value is -1.13. The van der Waals surface area contributed by atoms with E-state index >= 15 is 0 Å². The first-order valence-corrected chi connectivity index (χ1v) is 4.50. The van der Waals surface area contributed by atoms with Crippen molar-refractivity contribution < 1.29 is 9.18 Å². The predicted molar refractivity (Wildman–Crippen MR) is 51.7 cm³/mol. The quantitative estimate of drug-likeness (QED) is 0.713. The maximum atomic E-state index is 13.4. The van der Waals surface area contributed by atoms with Crippen LogP contribution in [0.15, 0.2) is 18.2 Å². The lowest BCUT2D eigenvalue weighted by Gasteiger charge is -2.36. The maximum Gasteiger partial charge on any atom is 0.245 e. The van der Waals surface area contributed by atoms with E-state index < -0.39 is 11.9 Å². The molecule has 1 heterocycles. The third-order valence-electron chi connectivity index (χ3n) is 2.18. The molecule has 14 heavy (non-hydrogen) atoms. The van der Waals surface area contributed by atoms with Crippen molar-refractivity contribution in [2.45, 2.75) is 6.04 Å². The summed E-state index contributed by atoms with van der Waals surface area (Å²) >= 11 is 5.58. The number of rotatable bonds is 1. The van der Waals surface area contributed by atoms with Gasteiger partial charge in [0.1, 0.15) is 6.04 Å². The van der Waals surface area contributed by atoms with Gasteiger partial charge in [-0.1, -0.05) is 17.7 Å². The van der Waals surface area contributed by atoms with E-state index in [2.05, 4.69) is 0 Å². The second-order valence-electron chi connectivity index (χ2n) is 3.13. The van der Waals surface area contributed by atoms with E-state index in [0.717, 1.165) is 0 Å². The van der Waals surface area contributed by atoms with Gasteiger partial charge in [-0.15, -0.1) is 0 Å². The molecule has 1 aliphatic rings. The lowest BCUT2D eigenvalue weighted by atomic mass is 10.1. The molecule has 0 saturated carbocycles. The van der Waals surface area contributed by atoms with Crippen LogP contribution in [0.3, 0.4) is 0 Å². The molecule has 0 aromatic heterocycles. The first kappa shape index (κ1) is 9.43. The Kier molecular flexibility index (Phi) is 2.17. The number of carbonyl (C=O) groups is 1. The summed E-state index contributed by atoms with van der Waals surface area (Å²) in [7, 11) is 0. The van der Waals surface area contributed by atoms with Gasteiger partial charge in [0.15, 0.2) is 5.82 Å². The van der Waals surface area contributed by atoms with Crippen LogP contribution in [0.4, 0.5) is 10.1 Å². The van der Waals surface area contributed by atoms with Gasteiger partial charge in [-0.25, -0.2) is 4.39 Å². The van der Waals surface area contributed by atoms with E-state index in [0.29, 0.717) is 6.54 Å². The second kappa shape index (κ2) is 3.22. The molecule has 3 nitrogen and oxygen atoms in total. The van der Waals surface area contributed by atoms with E-state index in [9.17, 15) is 9.18 Å². The Morgan fingerprint density at radius 1 is 1.57 bits per heavy atom. The molecule has 1 aliphatic heterocycles. The van der Waals surface area contributed by atoms with Crippen molar-refractivity contribution in [1.82, 2.24) is 0 Å². The van der Waals surface area contributed by atoms with E-state index in [4.69, 9.17) is 17.3 Å². The lowest BCUT2D eigenvalue weighted by molar-refractivity contribution is -0.123. The second-order valence-corrected chi connectivity index (χ2v) is 3.54. The van der Waals surface area contributed by atoms with Crippen LogP contribution in [0.5, 0.6) is 0 Å². The first-order chi connectivity index (χ1) is 6.61. The van der Waals surface area contributed by atoms with Crippen molar-refractivity contribution in [2.75, 3.05) is 11.4 Å². The van der Waals surface area contributed by atoms with Crippen LogP contribution < -0.4 is 10.6 Å². The van der Waals surface area contributed by atoms with Crippen LogP contribution >= 0.6 is 11.6 Å². The van der Waals surface area contributed by atoms with Gasteiger partial charge in [0.25, 0.3) is 0 Å². The minimum Gasteiger partial charge on any atom is -0.318 e. The molecule has 1 aromatic carbocycles. The summed E-state index contributed by atoms with van der Waals surface area (Å²) in [5, 5.41) is 0.00997. The van der Waals surface area contributed by atoms with Crippen LogP contribution in [0.25, 0.3) is 0 Å². The summed E-state index contributed by atoms with van der Waals surface area (Å²) < 4.78 is 13.4. The number of nitrogens with two attached hydrogens (primary N) is 1. The largest absolute Gasteiger partial charge is 0.318 e. The molecule has 0 spiro atoms. The molecule has 1 amide bonds. The van der Waals surface area contributed by atoms with Gasteiger partial charge in [-0.2, -0.15) is 0 Å². The van der Waals surface area contributed by atoms with E-state index in [-0.39, 0.29) is 16.6 Å². The molecular formula is C9H8ClFN2O. The highest BCUT2D eigenvalue weighted by atomic mass is 35.5. The van der Waals surface area contributed by atoms with Crippen molar-refractivity contribution >= 4 is 23.2 Å². The zero-order valence-corrected chi connectivity index (χ0v) is 7.96. The topological polar surface area (TPSA) is 46.3 Å². The van der Waals surface area contributed by atoms with Crippen LogP contribution in [0.2, 0.25) is 5.02 Å². The number of β-lactam (4-membered cyclic amide) rings is 1. The summed E-state index contributed by atoms with van der Waals surface area (Å²) in [4.78, 5) is 12.5. The zero-order chi connectivity index (χ0) is 10.3. The number of anilines is 1. The molecule has 0 aliphatic carbocycles. The standard InChI is InChI=1S/C9H8ClFN2O/c10-5-2-1-3-7(8(5)11)13-4-6(12)9(13)14/h1-3,6H,4,12H2. The number of amides is 1. The third-order valence-corrected chi connectivity index (χ3v) is 2.48. The summed E-state index contributed by atoms with van der Waals surface area (Å²) in [5.74, 6) is -0.847. The highest BCUT2D eigenvalue weighted by molar-refractivity contribution is 6.31. The van der Waals surface area contributed by atoms with Gasteiger partial charge in [0.05, 0.1) is 17.3 Å². The zero-order valence-electron chi connectivity index (χ0n) is 7.21. The minimum absolute atomic E-state index is 0.00997. The van der Waals surface area contributed by atoms with Crippen molar-refractivity contribution in [3.63, 3.8) is 0 Å². The molecule has 1 aromatic rings. The summed E-state index contributed by atoms with van der Waals surface area (Å²) in [6.07, 6.45) is 0. The van der Waals surface area contributed by atoms with Crippen LogP contribution in [0, 0.1) is 5.82 Å². The normalized spacial score (nSPS) is 20.9. The fourth-order valence-electron chi connectivity index (χ4n) is 1.37. The molecule has 1 atom stereocenters. The smallest absolute Gasteiger partial charge is 0.245 e. The van der Waals surface area contributed by atoms with Gasteiger partial charge in [-0.05, 0) is 12.1 Å². The van der Waals surface area contributed by atoms with Crippen LogP contribution in [-0.2, 0) is 4.79 Å². The average Bonchev–Trinajstić information content (AvgIpc) is 2.19. The Balaban J connectivity index is 2.34. The van der Waals surface area contributed by atoms with E-state index in [1.807, 2.05) is 0 Å². The molecule has 2 rings (SSSR count). The molecule has 74 valence electrons. The number of nitrogens with zero attached hydrogens (tertiary/aromatic N) is 1. The molecule has 2 N–H and O–H groups in total. The van der Waals surface area contributed by atoms with Crippen molar-refractivity contribution in [1.29, 1.82) is 0 Å². The van der Waals surface area contributed by atoms with E-state index in [1.54, 1.807) is 6.07 Å². The molecule has 1 unspecified atom stereocenters. The van der Waals surface area contributed by atoms with Crippen LogP contribution in [-0.4, -0.2) is 18.5 Å². The molecular weight excluding hydrogens is 207 g/mol. The summed E-state index contributed by atoms with van der Waals surface area (Å²) in [6.45, 7) is 0.343. The average molecular weight is 215 g/mol. The number of hydrogen-bond donors (Lipinski definition) is 1. The monoisotopic (exact) mass is 214 g/mol. The highest BCUT2D eigenvalue weighted by Gasteiger charge is 2.36. The van der Waals surface area contributed by atoms with E-state index in [1.165, 1.54) is 17.0 Å². The van der Waals surface area contributed by atoms with Crippen molar-refractivity contribution in [3.05, 3.63) is 29.0 Å². The molecule has 0 radical (unpaired) electrons. The minimum atomic E-state index is -0.575. The maximum absolute atomic E-state index is 13.4. The third kappa shape index (κ3) is 1.27. The predicted octanol–water partition coefficient (Wildman–Crippen LogP) is 1.15. The Morgan fingerprint density at radius 3 is 2.86 bits per heavy atom. The molecule has 5 heteroatoms. The summed E-state index contributed by atoms with van der Waals surface area (Å²) in [6, 6.07) is 4.03. The summed E-state index contributed by atoms with van der Waals surface area (Å²) in [5.41, 5.74) is 5.59.